The van der Waals surface area contributed by atoms with Gasteiger partial charge >= 0.3 is 12.1 Å². The molecule has 0 fully saturated rings. The van der Waals surface area contributed by atoms with E-state index in [9.17, 15) is 28.2 Å². The van der Waals surface area contributed by atoms with E-state index in [2.05, 4.69) is 20.3 Å². The summed E-state index contributed by atoms with van der Waals surface area (Å²) >= 11 is 1.11. The summed E-state index contributed by atoms with van der Waals surface area (Å²) in [6.07, 6.45) is -2.08. The van der Waals surface area contributed by atoms with E-state index < -0.39 is 30.0 Å². The Kier molecular flexibility index (Phi) is 6.76. The number of nitrogens with one attached hydrogen (secondary N) is 1. The van der Waals surface area contributed by atoms with E-state index >= 15 is 0 Å². The first-order valence-corrected chi connectivity index (χ1v) is 11.2. The van der Waals surface area contributed by atoms with E-state index in [0.29, 0.717) is 16.1 Å². The topological polar surface area (TPSA) is 128 Å². The van der Waals surface area contributed by atoms with Crippen molar-refractivity contribution in [2.24, 2.45) is 0 Å². The summed E-state index contributed by atoms with van der Waals surface area (Å²) in [7, 11) is 0. The highest BCUT2D eigenvalue weighted by molar-refractivity contribution is 7.15. The van der Waals surface area contributed by atoms with Crippen LogP contribution < -0.4 is 5.32 Å². The third kappa shape index (κ3) is 5.20. The summed E-state index contributed by atoms with van der Waals surface area (Å²) < 4.78 is 38.9. The average Bonchev–Trinajstić information content (AvgIpc) is 3.34. The lowest BCUT2D eigenvalue weighted by Crippen LogP contribution is -2.31. The first-order valence-electron chi connectivity index (χ1n) is 10.4. The molecule has 0 aliphatic rings. The molecule has 2 aromatic carbocycles. The molecule has 4 rings (SSSR count). The molecule has 0 aliphatic heterocycles. The summed E-state index contributed by atoms with van der Waals surface area (Å²) in [6.45, 7) is 1.11. The SMILES string of the molecule is Cc1cc(Nc2nccc(C(F)(F)F)n2)cc(-c2cnc([C@@](O)(CO)c3ccc(C(=O)O)cc3)s2)c1. The number of alkyl halides is 3. The fourth-order valence-corrected chi connectivity index (χ4v) is 4.48. The van der Waals surface area contributed by atoms with Crippen LogP contribution in [0.25, 0.3) is 10.4 Å². The van der Waals surface area contributed by atoms with Crippen LogP contribution in [0.3, 0.4) is 0 Å². The Hall–Kier alpha value is -3.87. The molecule has 36 heavy (non-hydrogen) atoms. The Labute approximate surface area is 206 Å². The molecule has 0 radical (unpaired) electrons. The number of halogens is 3. The number of benzene rings is 2. The number of carbonyl (C=O) groups is 1. The van der Waals surface area contributed by atoms with Crippen molar-refractivity contribution in [3.05, 3.63) is 88.3 Å². The van der Waals surface area contributed by atoms with Crippen LogP contribution in [0, 0.1) is 6.92 Å². The number of aryl methyl sites for hydroxylation is 1. The monoisotopic (exact) mass is 516 g/mol. The number of carboxylic acid groups (broad SMARTS) is 1. The highest BCUT2D eigenvalue weighted by Gasteiger charge is 2.35. The van der Waals surface area contributed by atoms with Gasteiger partial charge in [0.2, 0.25) is 5.95 Å². The van der Waals surface area contributed by atoms with Crippen LogP contribution in [-0.2, 0) is 11.8 Å². The molecule has 12 heteroatoms. The van der Waals surface area contributed by atoms with Crippen molar-refractivity contribution in [2.75, 3.05) is 11.9 Å². The van der Waals surface area contributed by atoms with Crippen LogP contribution in [0.1, 0.15) is 32.2 Å². The van der Waals surface area contributed by atoms with E-state index in [-0.39, 0.29) is 22.1 Å². The van der Waals surface area contributed by atoms with Crippen molar-refractivity contribution in [2.45, 2.75) is 18.7 Å². The zero-order valence-electron chi connectivity index (χ0n) is 18.6. The van der Waals surface area contributed by atoms with Crippen LogP contribution in [0.2, 0.25) is 0 Å². The molecule has 0 amide bonds. The zero-order valence-corrected chi connectivity index (χ0v) is 19.4. The highest BCUT2D eigenvalue weighted by Crippen LogP contribution is 2.37. The molecule has 1 atom stereocenters. The van der Waals surface area contributed by atoms with Gasteiger partial charge < -0.3 is 20.6 Å². The van der Waals surface area contributed by atoms with Crippen LogP contribution in [0.4, 0.5) is 24.8 Å². The van der Waals surface area contributed by atoms with Gasteiger partial charge in [0.05, 0.1) is 17.0 Å². The Bertz CT molecular complexity index is 1410. The number of hydrogen-bond donors (Lipinski definition) is 4. The Morgan fingerprint density at radius 3 is 2.44 bits per heavy atom. The number of nitrogens with zero attached hydrogens (tertiary/aromatic N) is 3. The van der Waals surface area contributed by atoms with Crippen LogP contribution in [-0.4, -0.2) is 42.8 Å². The number of aliphatic hydroxyl groups is 2. The van der Waals surface area contributed by atoms with Crippen molar-refractivity contribution in [3.63, 3.8) is 0 Å². The number of hydrogen-bond acceptors (Lipinski definition) is 8. The summed E-state index contributed by atoms with van der Waals surface area (Å²) in [5.41, 5.74) is -0.738. The quantitative estimate of drug-likeness (QED) is 0.281. The minimum absolute atomic E-state index is 0.0309. The second-order valence-corrected chi connectivity index (χ2v) is 8.94. The Balaban J connectivity index is 1.64. The van der Waals surface area contributed by atoms with Crippen LogP contribution in [0.15, 0.2) is 60.9 Å². The number of carboxylic acids is 1. The van der Waals surface area contributed by atoms with E-state index in [4.69, 9.17) is 5.11 Å². The summed E-state index contributed by atoms with van der Waals surface area (Å²) in [4.78, 5) is 23.4. The zero-order chi connectivity index (χ0) is 26.1. The molecule has 4 N–H and O–H groups in total. The average molecular weight is 517 g/mol. The molecular weight excluding hydrogens is 497 g/mol. The van der Waals surface area contributed by atoms with Gasteiger partial charge in [0, 0.05) is 18.1 Å². The van der Waals surface area contributed by atoms with Crippen LogP contribution in [0.5, 0.6) is 0 Å². The highest BCUT2D eigenvalue weighted by atomic mass is 32.1. The molecule has 4 aromatic rings. The van der Waals surface area contributed by atoms with Gasteiger partial charge in [-0.3, -0.25) is 0 Å². The summed E-state index contributed by atoms with van der Waals surface area (Å²) in [5.74, 6) is -1.34. The standard InChI is InChI=1S/C24H19F3N4O4S/c1-13-8-15(10-17(9-13)30-22-28-7-6-19(31-22)24(25,26)27)18-11-29-21(36-18)23(35,12-32)16-4-2-14(3-5-16)20(33)34/h2-11,32,35H,12H2,1H3,(H,33,34)(H,28,30,31)/t23-/m1/s1. The molecular formula is C24H19F3N4O4S. The lowest BCUT2D eigenvalue weighted by Gasteiger charge is -2.24. The van der Waals surface area contributed by atoms with E-state index in [1.54, 1.807) is 19.1 Å². The maximum Gasteiger partial charge on any atom is 0.433 e. The second kappa shape index (κ2) is 9.64. The number of anilines is 2. The number of aromatic nitrogens is 3. The maximum atomic E-state index is 13.0. The smallest absolute Gasteiger partial charge is 0.433 e. The van der Waals surface area contributed by atoms with Crippen molar-refractivity contribution in [1.29, 1.82) is 0 Å². The number of aromatic carboxylic acids is 1. The van der Waals surface area contributed by atoms with Gasteiger partial charge in [-0.25, -0.2) is 19.7 Å². The van der Waals surface area contributed by atoms with Gasteiger partial charge in [-0.15, -0.1) is 11.3 Å². The molecule has 2 heterocycles. The molecule has 0 aliphatic carbocycles. The summed E-state index contributed by atoms with van der Waals surface area (Å²) in [5, 5.41) is 33.2. The van der Waals surface area contributed by atoms with Crippen LogP contribution >= 0.6 is 11.3 Å². The number of rotatable bonds is 7. The first kappa shape index (κ1) is 25.2. The van der Waals surface area contributed by atoms with Crippen molar-refractivity contribution >= 4 is 28.9 Å². The lowest BCUT2D eigenvalue weighted by atomic mass is 9.94. The molecule has 186 valence electrons. The third-order valence-electron chi connectivity index (χ3n) is 5.26. The minimum atomic E-state index is -4.60. The van der Waals surface area contributed by atoms with E-state index in [0.717, 1.165) is 29.2 Å². The Morgan fingerprint density at radius 1 is 1.08 bits per heavy atom. The third-order valence-corrected chi connectivity index (χ3v) is 6.46. The van der Waals surface area contributed by atoms with Gasteiger partial charge in [-0.1, -0.05) is 18.2 Å². The molecule has 0 saturated heterocycles. The fraction of sp³-hybridized carbons (Fsp3) is 0.167. The molecule has 2 aromatic heterocycles. The van der Waals surface area contributed by atoms with E-state index in [1.807, 2.05) is 6.07 Å². The van der Waals surface area contributed by atoms with Crippen molar-refractivity contribution in [1.82, 2.24) is 15.0 Å². The Morgan fingerprint density at radius 2 is 1.81 bits per heavy atom. The van der Waals surface area contributed by atoms with Crippen molar-refractivity contribution in [3.8, 4) is 10.4 Å². The summed E-state index contributed by atoms with van der Waals surface area (Å²) in [6, 6.07) is 11.5. The molecule has 0 spiro atoms. The predicted octanol–water partition coefficient (Wildman–Crippen LogP) is 4.60. The maximum absolute atomic E-state index is 13.0. The first-order chi connectivity index (χ1) is 17.0. The largest absolute Gasteiger partial charge is 0.478 e. The van der Waals surface area contributed by atoms with Gasteiger partial charge in [0.1, 0.15) is 10.7 Å². The molecule has 8 nitrogen and oxygen atoms in total. The normalized spacial score (nSPS) is 13.3. The lowest BCUT2D eigenvalue weighted by molar-refractivity contribution is -0.141. The predicted molar refractivity (Wildman–Crippen MR) is 126 cm³/mol. The van der Waals surface area contributed by atoms with Gasteiger partial charge in [-0.2, -0.15) is 13.2 Å². The van der Waals surface area contributed by atoms with Gasteiger partial charge in [0.25, 0.3) is 0 Å². The number of aliphatic hydroxyl groups excluding tert-OH is 1. The molecule has 0 saturated carbocycles. The number of thiazole rings is 1. The fourth-order valence-electron chi connectivity index (χ4n) is 3.47. The molecule has 0 bridgehead atoms. The van der Waals surface area contributed by atoms with Crippen molar-refractivity contribution < 1.29 is 33.3 Å². The second-order valence-electron chi connectivity index (χ2n) is 7.91. The van der Waals surface area contributed by atoms with Gasteiger partial charge in [0.15, 0.2) is 5.60 Å². The minimum Gasteiger partial charge on any atom is -0.478 e. The van der Waals surface area contributed by atoms with E-state index in [1.165, 1.54) is 30.5 Å². The molecule has 0 unspecified atom stereocenters. The van der Waals surface area contributed by atoms with Gasteiger partial charge in [-0.05, 0) is 53.9 Å².